The van der Waals surface area contributed by atoms with Crippen molar-refractivity contribution >= 4 is 39.8 Å². The Morgan fingerprint density at radius 2 is 2.19 bits per heavy atom. The SMILES string of the molecule is Nc1cc(C(F)(F)F)ccc1SCC(=O)Nc1nccs1. The van der Waals surface area contributed by atoms with Crippen LogP contribution in [0, 0.1) is 0 Å². The maximum atomic E-state index is 12.5. The molecule has 112 valence electrons. The van der Waals surface area contributed by atoms with E-state index in [0.29, 0.717) is 10.0 Å². The van der Waals surface area contributed by atoms with Gasteiger partial charge in [0, 0.05) is 22.2 Å². The van der Waals surface area contributed by atoms with E-state index in [0.717, 1.165) is 23.9 Å². The summed E-state index contributed by atoms with van der Waals surface area (Å²) in [4.78, 5) is 16.0. The number of nitrogens with zero attached hydrogens (tertiary/aromatic N) is 1. The van der Waals surface area contributed by atoms with Crippen molar-refractivity contribution in [1.29, 1.82) is 0 Å². The molecule has 21 heavy (non-hydrogen) atoms. The average molecular weight is 333 g/mol. The number of carbonyl (C=O) groups is 1. The van der Waals surface area contributed by atoms with Crippen LogP contribution in [-0.4, -0.2) is 16.6 Å². The number of thiazole rings is 1. The number of aromatic nitrogens is 1. The summed E-state index contributed by atoms with van der Waals surface area (Å²) in [5.74, 6) is -0.260. The zero-order valence-electron chi connectivity index (χ0n) is 10.5. The highest BCUT2D eigenvalue weighted by Crippen LogP contribution is 2.34. The van der Waals surface area contributed by atoms with E-state index in [1.54, 1.807) is 11.6 Å². The Balaban J connectivity index is 1.96. The van der Waals surface area contributed by atoms with Gasteiger partial charge in [0.15, 0.2) is 5.13 Å². The van der Waals surface area contributed by atoms with Gasteiger partial charge in [0.05, 0.1) is 11.3 Å². The molecule has 3 N–H and O–H groups in total. The summed E-state index contributed by atoms with van der Waals surface area (Å²) in [7, 11) is 0. The first-order valence-corrected chi connectivity index (χ1v) is 7.51. The molecular formula is C12H10F3N3OS2. The van der Waals surface area contributed by atoms with Crippen molar-refractivity contribution in [2.45, 2.75) is 11.1 Å². The minimum absolute atomic E-state index is 0.00289. The fraction of sp³-hybridized carbons (Fsp3) is 0.167. The predicted octanol–water partition coefficient (Wildman–Crippen LogP) is 3.47. The first-order valence-electron chi connectivity index (χ1n) is 5.65. The molecule has 1 aromatic heterocycles. The third kappa shape index (κ3) is 4.36. The van der Waals surface area contributed by atoms with Gasteiger partial charge in [0.1, 0.15) is 0 Å². The van der Waals surface area contributed by atoms with Crippen LogP contribution in [0.15, 0.2) is 34.7 Å². The summed E-state index contributed by atoms with van der Waals surface area (Å²) >= 11 is 2.35. The van der Waals surface area contributed by atoms with E-state index in [2.05, 4.69) is 10.3 Å². The molecule has 0 radical (unpaired) electrons. The van der Waals surface area contributed by atoms with Crippen LogP contribution in [0.3, 0.4) is 0 Å². The second-order valence-corrected chi connectivity index (χ2v) is 5.84. The number of hydrogen-bond acceptors (Lipinski definition) is 5. The molecule has 4 nitrogen and oxygen atoms in total. The normalized spacial score (nSPS) is 11.4. The topological polar surface area (TPSA) is 68.0 Å². The van der Waals surface area contributed by atoms with Crippen LogP contribution < -0.4 is 11.1 Å². The Bertz CT molecular complexity index is 629. The van der Waals surface area contributed by atoms with Crippen LogP contribution in [0.1, 0.15) is 5.56 Å². The van der Waals surface area contributed by atoms with E-state index in [1.165, 1.54) is 17.4 Å². The number of halogens is 3. The van der Waals surface area contributed by atoms with Crippen LogP contribution in [0.2, 0.25) is 0 Å². The third-order valence-electron chi connectivity index (χ3n) is 2.37. The molecule has 0 bridgehead atoms. The maximum Gasteiger partial charge on any atom is 0.416 e. The quantitative estimate of drug-likeness (QED) is 0.664. The molecule has 0 unspecified atom stereocenters. The summed E-state index contributed by atoms with van der Waals surface area (Å²) < 4.78 is 37.5. The van der Waals surface area contributed by atoms with Gasteiger partial charge in [-0.05, 0) is 18.2 Å². The Labute approximate surface area is 126 Å². The van der Waals surface area contributed by atoms with Crippen LogP contribution >= 0.6 is 23.1 Å². The molecule has 2 aromatic rings. The first-order chi connectivity index (χ1) is 9.86. The number of thioether (sulfide) groups is 1. The fourth-order valence-corrected chi connectivity index (χ4v) is 2.73. The number of nitrogen functional groups attached to an aromatic ring is 1. The first kappa shape index (κ1) is 15.6. The van der Waals surface area contributed by atoms with Gasteiger partial charge in [-0.15, -0.1) is 23.1 Å². The van der Waals surface area contributed by atoms with Gasteiger partial charge in [-0.1, -0.05) is 0 Å². The highest BCUT2D eigenvalue weighted by Gasteiger charge is 2.30. The predicted molar refractivity (Wildman–Crippen MR) is 77.3 cm³/mol. The zero-order chi connectivity index (χ0) is 15.5. The second kappa shape index (κ2) is 6.35. The van der Waals surface area contributed by atoms with E-state index < -0.39 is 11.7 Å². The molecular weight excluding hydrogens is 323 g/mol. The van der Waals surface area contributed by atoms with Gasteiger partial charge in [0.2, 0.25) is 5.91 Å². The number of alkyl halides is 3. The highest BCUT2D eigenvalue weighted by molar-refractivity contribution is 8.00. The summed E-state index contributed by atoms with van der Waals surface area (Å²) in [6.07, 6.45) is -2.87. The fourth-order valence-electron chi connectivity index (χ4n) is 1.44. The molecule has 1 heterocycles. The molecule has 2 rings (SSSR count). The Hall–Kier alpha value is -1.74. The van der Waals surface area contributed by atoms with Gasteiger partial charge >= 0.3 is 6.18 Å². The van der Waals surface area contributed by atoms with Crippen molar-refractivity contribution in [3.63, 3.8) is 0 Å². The van der Waals surface area contributed by atoms with Crippen molar-refractivity contribution in [3.8, 4) is 0 Å². The number of nitrogens with one attached hydrogen (secondary N) is 1. The summed E-state index contributed by atoms with van der Waals surface area (Å²) in [5.41, 5.74) is 4.77. The van der Waals surface area contributed by atoms with E-state index in [-0.39, 0.29) is 17.3 Å². The molecule has 1 aromatic carbocycles. The maximum absolute atomic E-state index is 12.5. The average Bonchev–Trinajstić information content (AvgIpc) is 2.89. The van der Waals surface area contributed by atoms with Crippen molar-refractivity contribution in [3.05, 3.63) is 35.3 Å². The van der Waals surface area contributed by atoms with Crippen LogP contribution in [0.25, 0.3) is 0 Å². The lowest BCUT2D eigenvalue weighted by atomic mass is 10.2. The van der Waals surface area contributed by atoms with Gasteiger partial charge in [-0.2, -0.15) is 13.2 Å². The molecule has 0 aliphatic rings. The smallest absolute Gasteiger partial charge is 0.398 e. The number of benzene rings is 1. The summed E-state index contributed by atoms with van der Waals surface area (Å²) in [6.45, 7) is 0. The number of anilines is 2. The molecule has 0 aliphatic heterocycles. The Morgan fingerprint density at radius 3 is 2.76 bits per heavy atom. The molecule has 0 fully saturated rings. The molecule has 0 saturated heterocycles. The van der Waals surface area contributed by atoms with Crippen molar-refractivity contribution in [1.82, 2.24) is 4.98 Å². The Morgan fingerprint density at radius 1 is 1.43 bits per heavy atom. The number of hydrogen-bond donors (Lipinski definition) is 2. The second-order valence-electron chi connectivity index (χ2n) is 3.92. The van der Waals surface area contributed by atoms with E-state index in [1.807, 2.05) is 0 Å². The van der Waals surface area contributed by atoms with Crippen molar-refractivity contribution in [2.75, 3.05) is 16.8 Å². The number of rotatable bonds is 4. The minimum atomic E-state index is -4.43. The van der Waals surface area contributed by atoms with Crippen molar-refractivity contribution in [2.24, 2.45) is 0 Å². The van der Waals surface area contributed by atoms with Crippen LogP contribution in [0.5, 0.6) is 0 Å². The van der Waals surface area contributed by atoms with Crippen molar-refractivity contribution < 1.29 is 18.0 Å². The highest BCUT2D eigenvalue weighted by atomic mass is 32.2. The molecule has 9 heteroatoms. The number of carbonyl (C=O) groups excluding carboxylic acids is 1. The van der Waals surface area contributed by atoms with Gasteiger partial charge in [0.25, 0.3) is 0 Å². The van der Waals surface area contributed by atoms with Crippen LogP contribution in [0.4, 0.5) is 24.0 Å². The largest absolute Gasteiger partial charge is 0.416 e. The summed E-state index contributed by atoms with van der Waals surface area (Å²) in [5, 5.41) is 4.77. The van der Waals surface area contributed by atoms with E-state index >= 15 is 0 Å². The lowest BCUT2D eigenvalue weighted by Crippen LogP contribution is -2.14. The van der Waals surface area contributed by atoms with E-state index in [4.69, 9.17) is 5.73 Å². The van der Waals surface area contributed by atoms with E-state index in [9.17, 15) is 18.0 Å². The molecule has 0 spiro atoms. The monoisotopic (exact) mass is 333 g/mol. The number of nitrogens with two attached hydrogens (primary N) is 1. The molecule has 0 atom stereocenters. The lowest BCUT2D eigenvalue weighted by Gasteiger charge is -2.10. The minimum Gasteiger partial charge on any atom is -0.398 e. The number of amides is 1. The summed E-state index contributed by atoms with van der Waals surface area (Å²) in [6, 6.07) is 3.07. The molecule has 1 amide bonds. The van der Waals surface area contributed by atoms with Gasteiger partial charge < -0.3 is 11.1 Å². The van der Waals surface area contributed by atoms with Gasteiger partial charge in [-0.3, -0.25) is 4.79 Å². The third-order valence-corrected chi connectivity index (χ3v) is 4.15. The standard InChI is InChI=1S/C12H10F3N3OS2/c13-12(14,15)7-1-2-9(8(16)5-7)21-6-10(19)18-11-17-3-4-20-11/h1-5H,6,16H2,(H,17,18,19). The zero-order valence-corrected chi connectivity index (χ0v) is 12.1. The lowest BCUT2D eigenvalue weighted by molar-refractivity contribution is -0.137. The molecule has 0 saturated carbocycles. The Kier molecular flexibility index (Phi) is 4.73. The molecule has 0 aliphatic carbocycles. The van der Waals surface area contributed by atoms with Gasteiger partial charge in [-0.25, -0.2) is 4.98 Å². The van der Waals surface area contributed by atoms with Crippen LogP contribution in [-0.2, 0) is 11.0 Å².